The number of carbonyl (C=O) groups excluding carboxylic acids is 1. The number of para-hydroxylation sites is 1. The summed E-state index contributed by atoms with van der Waals surface area (Å²) < 4.78 is 14.7. The van der Waals surface area contributed by atoms with Crippen molar-refractivity contribution in [2.24, 2.45) is 0 Å². The largest absolute Gasteiger partial charge is 0.352 e. The lowest BCUT2D eigenvalue weighted by Crippen LogP contribution is -2.25. The molecule has 1 heterocycles. The van der Waals surface area contributed by atoms with Gasteiger partial charge in [-0.1, -0.05) is 12.1 Å². The van der Waals surface area contributed by atoms with Crippen LogP contribution in [0.5, 0.6) is 0 Å². The van der Waals surface area contributed by atoms with E-state index in [0.717, 1.165) is 23.4 Å². The molecule has 3 aromatic rings. The van der Waals surface area contributed by atoms with E-state index >= 15 is 0 Å². The monoisotopic (exact) mass is 392 g/mol. The lowest BCUT2D eigenvalue weighted by atomic mass is 10.2. The van der Waals surface area contributed by atoms with Crippen LogP contribution in [0.4, 0.5) is 4.39 Å². The maximum Gasteiger partial charge on any atom is 0.252 e. The minimum Gasteiger partial charge on any atom is -0.352 e. The normalized spacial score (nSPS) is 10.9. The van der Waals surface area contributed by atoms with Crippen molar-refractivity contribution in [3.63, 3.8) is 0 Å². The molecule has 0 aliphatic carbocycles. The third-order valence-corrected chi connectivity index (χ3v) is 5.12. The van der Waals surface area contributed by atoms with E-state index in [1.165, 1.54) is 22.9 Å². The van der Waals surface area contributed by atoms with Crippen molar-refractivity contribution < 1.29 is 9.18 Å². The fraction of sp³-hybridized carbons (Fsp3) is 0.176. The van der Waals surface area contributed by atoms with Crippen molar-refractivity contribution in [1.82, 2.24) is 10.3 Å². The lowest BCUT2D eigenvalue weighted by Gasteiger charge is -2.06. The lowest BCUT2D eigenvalue weighted by molar-refractivity contribution is 0.0952. The number of amides is 1. The summed E-state index contributed by atoms with van der Waals surface area (Å²) in [4.78, 5) is 16.6. The molecule has 0 fully saturated rings. The summed E-state index contributed by atoms with van der Waals surface area (Å²) in [5.74, 6) is -0.578. The first kappa shape index (κ1) is 16.1. The van der Waals surface area contributed by atoms with Gasteiger partial charge in [-0.3, -0.25) is 4.79 Å². The fourth-order valence-corrected chi connectivity index (χ4v) is 3.78. The van der Waals surface area contributed by atoms with Crippen LogP contribution in [0.2, 0.25) is 0 Å². The number of aromatic nitrogens is 1. The van der Waals surface area contributed by atoms with Crippen molar-refractivity contribution in [1.29, 1.82) is 0 Å². The van der Waals surface area contributed by atoms with Crippen LogP contribution in [-0.2, 0) is 6.42 Å². The summed E-state index contributed by atoms with van der Waals surface area (Å²) in [6.45, 7) is 0.554. The van der Waals surface area contributed by atoms with Gasteiger partial charge in [0.2, 0.25) is 0 Å². The van der Waals surface area contributed by atoms with Crippen molar-refractivity contribution in [2.75, 3.05) is 6.54 Å². The molecule has 0 saturated carbocycles. The number of benzene rings is 2. The molecule has 1 N–H and O–H groups in total. The predicted octanol–water partition coefficient (Wildman–Crippen LogP) is 4.56. The van der Waals surface area contributed by atoms with E-state index in [4.69, 9.17) is 0 Å². The van der Waals surface area contributed by atoms with E-state index in [0.29, 0.717) is 16.6 Å². The van der Waals surface area contributed by atoms with Crippen molar-refractivity contribution in [3.05, 3.63) is 63.3 Å². The molecule has 1 amide bonds. The maximum absolute atomic E-state index is 13.0. The van der Waals surface area contributed by atoms with E-state index in [2.05, 4.69) is 32.3 Å². The SMILES string of the molecule is O=C(NCCCc1nc2ccccc2s1)c1ccc(F)cc1Br. The molecule has 0 aliphatic heterocycles. The van der Waals surface area contributed by atoms with Crippen molar-refractivity contribution >= 4 is 43.4 Å². The zero-order valence-corrected chi connectivity index (χ0v) is 14.6. The van der Waals surface area contributed by atoms with E-state index in [1.807, 2.05) is 18.2 Å². The van der Waals surface area contributed by atoms with Gasteiger partial charge in [-0.2, -0.15) is 0 Å². The average Bonchev–Trinajstić information content (AvgIpc) is 2.94. The molecular weight excluding hydrogens is 379 g/mol. The number of carbonyl (C=O) groups is 1. The van der Waals surface area contributed by atoms with Crippen LogP contribution < -0.4 is 5.32 Å². The Labute approximate surface area is 145 Å². The summed E-state index contributed by atoms with van der Waals surface area (Å²) in [7, 11) is 0. The van der Waals surface area contributed by atoms with Crippen LogP contribution in [0, 0.1) is 5.82 Å². The van der Waals surface area contributed by atoms with E-state index in [1.54, 1.807) is 11.3 Å². The Hall–Kier alpha value is -1.79. The molecule has 0 bridgehead atoms. The Kier molecular flexibility index (Phi) is 5.03. The number of nitrogens with one attached hydrogen (secondary N) is 1. The maximum atomic E-state index is 13.0. The molecule has 0 spiro atoms. The molecule has 2 aromatic carbocycles. The number of hydrogen-bond acceptors (Lipinski definition) is 3. The molecule has 0 saturated heterocycles. The zero-order chi connectivity index (χ0) is 16.2. The summed E-state index contributed by atoms with van der Waals surface area (Å²) in [5, 5.41) is 3.92. The van der Waals surface area contributed by atoms with Crippen LogP contribution in [-0.4, -0.2) is 17.4 Å². The molecule has 0 radical (unpaired) electrons. The van der Waals surface area contributed by atoms with Gasteiger partial charge in [0.15, 0.2) is 0 Å². The van der Waals surface area contributed by atoms with Gasteiger partial charge in [-0.05, 0) is 52.7 Å². The number of halogens is 2. The highest BCUT2D eigenvalue weighted by molar-refractivity contribution is 9.10. The van der Waals surface area contributed by atoms with Gasteiger partial charge < -0.3 is 5.32 Å². The van der Waals surface area contributed by atoms with Gasteiger partial charge in [0.05, 0.1) is 20.8 Å². The van der Waals surface area contributed by atoms with Crippen LogP contribution in [0.3, 0.4) is 0 Å². The predicted molar refractivity (Wildman–Crippen MR) is 94.4 cm³/mol. The Balaban J connectivity index is 1.52. The number of hydrogen-bond donors (Lipinski definition) is 1. The molecule has 3 rings (SSSR count). The molecule has 0 unspecified atom stereocenters. The smallest absolute Gasteiger partial charge is 0.252 e. The Morgan fingerprint density at radius 3 is 2.87 bits per heavy atom. The third kappa shape index (κ3) is 3.95. The summed E-state index contributed by atoms with van der Waals surface area (Å²) in [5.41, 5.74) is 1.46. The second-order valence-electron chi connectivity index (χ2n) is 5.06. The van der Waals surface area contributed by atoms with Crippen molar-refractivity contribution in [2.45, 2.75) is 12.8 Å². The second kappa shape index (κ2) is 7.19. The summed E-state index contributed by atoms with van der Waals surface area (Å²) in [6.07, 6.45) is 1.63. The molecule has 6 heteroatoms. The molecule has 118 valence electrons. The van der Waals surface area contributed by atoms with Gasteiger partial charge in [-0.15, -0.1) is 11.3 Å². The molecule has 1 aromatic heterocycles. The topological polar surface area (TPSA) is 42.0 Å². The number of thiazole rings is 1. The van der Waals surface area contributed by atoms with Crippen LogP contribution in [0.15, 0.2) is 46.9 Å². The Bertz CT molecular complexity index is 816. The number of aryl methyl sites for hydroxylation is 1. The molecule has 23 heavy (non-hydrogen) atoms. The first-order valence-corrected chi connectivity index (χ1v) is 8.82. The molecule has 0 atom stereocenters. The van der Waals surface area contributed by atoms with Gasteiger partial charge in [-0.25, -0.2) is 9.37 Å². The van der Waals surface area contributed by atoms with Gasteiger partial charge in [0, 0.05) is 17.4 Å². The fourth-order valence-electron chi connectivity index (χ4n) is 2.24. The highest BCUT2D eigenvalue weighted by atomic mass is 79.9. The van der Waals surface area contributed by atoms with Gasteiger partial charge in [0.25, 0.3) is 5.91 Å². The standard InChI is InChI=1S/C17H14BrFN2OS/c18-13-10-11(19)7-8-12(13)17(22)20-9-3-6-16-21-14-4-1-2-5-15(14)23-16/h1-2,4-5,7-8,10H,3,6,9H2,(H,20,22). The van der Waals surface area contributed by atoms with E-state index in [9.17, 15) is 9.18 Å². The van der Waals surface area contributed by atoms with Crippen LogP contribution in [0.25, 0.3) is 10.2 Å². The highest BCUT2D eigenvalue weighted by Gasteiger charge is 2.10. The number of nitrogens with zero attached hydrogens (tertiary/aromatic N) is 1. The first-order chi connectivity index (χ1) is 11.1. The minimum atomic E-state index is -0.371. The molecule has 3 nitrogen and oxygen atoms in total. The first-order valence-electron chi connectivity index (χ1n) is 7.21. The quantitative estimate of drug-likeness (QED) is 0.646. The third-order valence-electron chi connectivity index (χ3n) is 3.37. The Morgan fingerprint density at radius 1 is 1.26 bits per heavy atom. The molecular formula is C17H14BrFN2OS. The zero-order valence-electron chi connectivity index (χ0n) is 12.2. The molecule has 0 aliphatic rings. The number of fused-ring (bicyclic) bond motifs is 1. The van der Waals surface area contributed by atoms with Crippen LogP contribution >= 0.6 is 27.3 Å². The number of rotatable bonds is 5. The van der Waals surface area contributed by atoms with Crippen molar-refractivity contribution in [3.8, 4) is 0 Å². The average molecular weight is 393 g/mol. The Morgan fingerprint density at radius 2 is 2.09 bits per heavy atom. The van der Waals surface area contributed by atoms with Gasteiger partial charge >= 0.3 is 0 Å². The minimum absolute atomic E-state index is 0.207. The highest BCUT2D eigenvalue weighted by Crippen LogP contribution is 2.22. The summed E-state index contributed by atoms with van der Waals surface area (Å²) >= 11 is 4.89. The van der Waals surface area contributed by atoms with E-state index < -0.39 is 0 Å². The van der Waals surface area contributed by atoms with Gasteiger partial charge in [0.1, 0.15) is 5.82 Å². The summed E-state index contributed by atoms with van der Waals surface area (Å²) in [6, 6.07) is 12.1. The second-order valence-corrected chi connectivity index (χ2v) is 7.03. The van der Waals surface area contributed by atoms with E-state index in [-0.39, 0.29) is 11.7 Å². The van der Waals surface area contributed by atoms with Crippen LogP contribution in [0.1, 0.15) is 21.8 Å².